The van der Waals surface area contributed by atoms with Crippen LogP contribution in [0.2, 0.25) is 0 Å². The standard InChI is InChI=1S/C18H29NO2/c1-14-9-11-18(21,12-10-14)13-19-15(2)3-4-16-5-7-17(20)8-6-16/h5-8,14-15,19-21H,3-4,9-13H2,1-2H3. The van der Waals surface area contributed by atoms with Crippen LogP contribution >= 0.6 is 0 Å². The van der Waals surface area contributed by atoms with Gasteiger partial charge in [-0.05, 0) is 69.1 Å². The summed E-state index contributed by atoms with van der Waals surface area (Å²) in [6.45, 7) is 5.15. The van der Waals surface area contributed by atoms with Gasteiger partial charge in [0.05, 0.1) is 5.60 Å². The number of aromatic hydroxyl groups is 1. The molecule has 1 aliphatic rings. The van der Waals surface area contributed by atoms with Gasteiger partial charge in [-0.3, -0.25) is 0 Å². The zero-order chi connectivity index (χ0) is 15.3. The first kappa shape index (κ1) is 16.3. The molecule has 0 amide bonds. The van der Waals surface area contributed by atoms with Gasteiger partial charge in [-0.2, -0.15) is 0 Å². The maximum atomic E-state index is 10.6. The molecule has 21 heavy (non-hydrogen) atoms. The normalized spacial score (nSPS) is 27.5. The van der Waals surface area contributed by atoms with Gasteiger partial charge in [0.1, 0.15) is 5.75 Å². The van der Waals surface area contributed by atoms with Gasteiger partial charge in [-0.1, -0.05) is 19.1 Å². The lowest BCUT2D eigenvalue weighted by Crippen LogP contribution is -2.45. The van der Waals surface area contributed by atoms with E-state index in [1.807, 2.05) is 12.1 Å². The van der Waals surface area contributed by atoms with Crippen molar-refractivity contribution in [3.63, 3.8) is 0 Å². The zero-order valence-corrected chi connectivity index (χ0v) is 13.3. The third kappa shape index (κ3) is 5.33. The number of benzene rings is 1. The number of hydrogen-bond donors (Lipinski definition) is 3. The molecule has 0 aromatic heterocycles. The molecule has 3 heteroatoms. The second-order valence-corrected chi connectivity index (χ2v) is 6.89. The van der Waals surface area contributed by atoms with Crippen molar-refractivity contribution >= 4 is 0 Å². The molecule has 0 bridgehead atoms. The van der Waals surface area contributed by atoms with Gasteiger partial charge >= 0.3 is 0 Å². The second kappa shape index (κ2) is 7.28. The van der Waals surface area contributed by atoms with Crippen LogP contribution in [0.5, 0.6) is 5.75 Å². The number of phenolic OH excluding ortho intramolecular Hbond substituents is 1. The van der Waals surface area contributed by atoms with Crippen molar-refractivity contribution in [1.82, 2.24) is 5.32 Å². The summed E-state index contributed by atoms with van der Waals surface area (Å²) >= 11 is 0. The van der Waals surface area contributed by atoms with Crippen molar-refractivity contribution in [3.05, 3.63) is 29.8 Å². The van der Waals surface area contributed by atoms with E-state index in [4.69, 9.17) is 0 Å². The lowest BCUT2D eigenvalue weighted by Gasteiger charge is -2.36. The minimum Gasteiger partial charge on any atom is -0.508 e. The van der Waals surface area contributed by atoms with E-state index in [1.165, 1.54) is 5.56 Å². The number of hydrogen-bond acceptors (Lipinski definition) is 3. The van der Waals surface area contributed by atoms with Crippen molar-refractivity contribution in [2.75, 3.05) is 6.54 Å². The number of rotatable bonds is 6. The van der Waals surface area contributed by atoms with Gasteiger partial charge < -0.3 is 15.5 Å². The van der Waals surface area contributed by atoms with Crippen LogP contribution in [0.15, 0.2) is 24.3 Å². The molecule has 0 radical (unpaired) electrons. The van der Waals surface area contributed by atoms with E-state index in [0.29, 0.717) is 18.3 Å². The number of nitrogens with one attached hydrogen (secondary N) is 1. The Morgan fingerprint density at radius 1 is 1.24 bits per heavy atom. The molecule has 1 aromatic carbocycles. The van der Waals surface area contributed by atoms with Crippen LogP contribution in [0, 0.1) is 5.92 Å². The molecule has 0 spiro atoms. The Bertz CT molecular complexity index is 421. The van der Waals surface area contributed by atoms with E-state index in [2.05, 4.69) is 19.2 Å². The molecule has 2 rings (SSSR count). The number of phenols is 1. The van der Waals surface area contributed by atoms with Gasteiger partial charge in [0.2, 0.25) is 0 Å². The smallest absolute Gasteiger partial charge is 0.115 e. The Hall–Kier alpha value is -1.06. The summed E-state index contributed by atoms with van der Waals surface area (Å²) in [5.41, 5.74) is 0.742. The number of aliphatic hydroxyl groups is 1. The molecular formula is C18H29NO2. The largest absolute Gasteiger partial charge is 0.508 e. The van der Waals surface area contributed by atoms with E-state index in [0.717, 1.165) is 44.4 Å². The molecule has 3 nitrogen and oxygen atoms in total. The molecule has 1 unspecified atom stereocenters. The summed E-state index contributed by atoms with van der Waals surface area (Å²) in [5, 5.41) is 23.3. The quantitative estimate of drug-likeness (QED) is 0.754. The molecule has 0 aliphatic heterocycles. The lowest BCUT2D eigenvalue weighted by atomic mass is 9.79. The number of aryl methyl sites for hydroxylation is 1. The van der Waals surface area contributed by atoms with Gasteiger partial charge in [0.15, 0.2) is 0 Å². The molecule has 1 saturated carbocycles. The van der Waals surface area contributed by atoms with E-state index < -0.39 is 5.60 Å². The third-order valence-electron chi connectivity index (χ3n) is 4.79. The fraction of sp³-hybridized carbons (Fsp3) is 0.667. The van der Waals surface area contributed by atoms with Gasteiger partial charge in [0, 0.05) is 12.6 Å². The highest BCUT2D eigenvalue weighted by Crippen LogP contribution is 2.31. The van der Waals surface area contributed by atoms with Gasteiger partial charge in [-0.15, -0.1) is 0 Å². The van der Waals surface area contributed by atoms with Crippen LogP contribution in [0.1, 0.15) is 51.5 Å². The predicted octanol–water partition coefficient (Wildman–Crippen LogP) is 3.24. The van der Waals surface area contributed by atoms with Crippen molar-refractivity contribution in [2.45, 2.75) is 64.0 Å². The summed E-state index contributed by atoms with van der Waals surface area (Å²) in [6.07, 6.45) is 6.15. The molecule has 1 fully saturated rings. The second-order valence-electron chi connectivity index (χ2n) is 6.89. The maximum absolute atomic E-state index is 10.6. The molecule has 1 aromatic rings. The fourth-order valence-electron chi connectivity index (χ4n) is 2.99. The summed E-state index contributed by atoms with van der Waals surface area (Å²) < 4.78 is 0. The minimum atomic E-state index is -0.501. The maximum Gasteiger partial charge on any atom is 0.115 e. The average molecular weight is 291 g/mol. The fourth-order valence-corrected chi connectivity index (χ4v) is 2.99. The summed E-state index contributed by atoms with van der Waals surface area (Å²) in [7, 11) is 0. The molecule has 0 saturated heterocycles. The molecule has 1 aliphatic carbocycles. The van der Waals surface area contributed by atoms with Crippen molar-refractivity contribution < 1.29 is 10.2 Å². The van der Waals surface area contributed by atoms with Crippen LogP contribution in [-0.4, -0.2) is 28.4 Å². The van der Waals surface area contributed by atoms with Crippen LogP contribution in [-0.2, 0) is 6.42 Å². The summed E-state index contributed by atoms with van der Waals surface area (Å²) in [5.74, 6) is 1.08. The highest BCUT2D eigenvalue weighted by atomic mass is 16.3. The van der Waals surface area contributed by atoms with E-state index in [-0.39, 0.29) is 0 Å². The van der Waals surface area contributed by atoms with Crippen LogP contribution in [0.25, 0.3) is 0 Å². The van der Waals surface area contributed by atoms with Crippen molar-refractivity contribution in [3.8, 4) is 5.75 Å². The predicted molar refractivity (Wildman–Crippen MR) is 86.5 cm³/mol. The van der Waals surface area contributed by atoms with Gasteiger partial charge in [-0.25, -0.2) is 0 Å². The molecule has 1 atom stereocenters. The minimum absolute atomic E-state index is 0.318. The van der Waals surface area contributed by atoms with Crippen molar-refractivity contribution in [2.24, 2.45) is 5.92 Å². The molecule has 3 N–H and O–H groups in total. The zero-order valence-electron chi connectivity index (χ0n) is 13.3. The lowest BCUT2D eigenvalue weighted by molar-refractivity contribution is -0.00793. The first-order valence-electron chi connectivity index (χ1n) is 8.20. The van der Waals surface area contributed by atoms with E-state index in [9.17, 15) is 10.2 Å². The Balaban J connectivity index is 1.69. The van der Waals surface area contributed by atoms with E-state index >= 15 is 0 Å². The van der Waals surface area contributed by atoms with Crippen LogP contribution < -0.4 is 5.32 Å². The highest BCUT2D eigenvalue weighted by molar-refractivity contribution is 5.25. The monoisotopic (exact) mass is 291 g/mol. The first-order valence-corrected chi connectivity index (χ1v) is 8.20. The Labute approximate surface area is 128 Å². The van der Waals surface area contributed by atoms with Crippen molar-refractivity contribution in [1.29, 1.82) is 0 Å². The molecular weight excluding hydrogens is 262 g/mol. The third-order valence-corrected chi connectivity index (χ3v) is 4.79. The highest BCUT2D eigenvalue weighted by Gasteiger charge is 2.31. The Morgan fingerprint density at radius 2 is 1.86 bits per heavy atom. The summed E-state index contributed by atoms with van der Waals surface area (Å²) in [6, 6.07) is 7.80. The van der Waals surface area contributed by atoms with Gasteiger partial charge in [0.25, 0.3) is 0 Å². The SMILES string of the molecule is CC1CCC(O)(CNC(C)CCc2ccc(O)cc2)CC1. The van der Waals surface area contributed by atoms with Crippen LogP contribution in [0.3, 0.4) is 0 Å². The Kier molecular flexibility index (Phi) is 5.65. The summed E-state index contributed by atoms with van der Waals surface area (Å²) in [4.78, 5) is 0. The average Bonchev–Trinajstić information content (AvgIpc) is 2.48. The van der Waals surface area contributed by atoms with Crippen LogP contribution in [0.4, 0.5) is 0 Å². The van der Waals surface area contributed by atoms with E-state index in [1.54, 1.807) is 12.1 Å². The molecule has 118 valence electrons. The first-order chi connectivity index (χ1) is 9.97. The molecule has 0 heterocycles. The Morgan fingerprint density at radius 3 is 2.48 bits per heavy atom. The topological polar surface area (TPSA) is 52.5 Å².